The van der Waals surface area contributed by atoms with Gasteiger partial charge in [0, 0.05) is 37.6 Å². The van der Waals surface area contributed by atoms with Crippen LogP contribution >= 0.6 is 11.6 Å². The maximum Gasteiger partial charge on any atom is 0.256 e. The number of carbonyl (C=O) groups is 2. The van der Waals surface area contributed by atoms with Gasteiger partial charge in [0.15, 0.2) is 0 Å². The Bertz CT molecular complexity index is 608. The van der Waals surface area contributed by atoms with Crippen molar-refractivity contribution in [1.82, 2.24) is 4.90 Å². The summed E-state index contributed by atoms with van der Waals surface area (Å²) >= 11 is 5.57. The molecule has 0 radical (unpaired) electrons. The summed E-state index contributed by atoms with van der Waals surface area (Å²) in [5.41, 5.74) is 2.30. The minimum atomic E-state index is -0.262. The first-order valence-corrected chi connectivity index (χ1v) is 9.26. The summed E-state index contributed by atoms with van der Waals surface area (Å²) in [4.78, 5) is 28.7. The largest absolute Gasteiger partial charge is 0.371 e. The molecule has 3 rings (SSSR count). The summed E-state index contributed by atoms with van der Waals surface area (Å²) in [5.74, 6) is -0.291. The summed E-state index contributed by atoms with van der Waals surface area (Å²) in [6.45, 7) is 3.59. The average Bonchev–Trinajstić information content (AvgIpc) is 3.16. The highest BCUT2D eigenvalue weighted by atomic mass is 35.5. The lowest BCUT2D eigenvalue weighted by Gasteiger charge is -2.31. The molecule has 1 aromatic carbocycles. The number of alkyl halides is 1. The number of nitrogens with zero attached hydrogens (tertiary/aromatic N) is 2. The molecule has 130 valence electrons. The molecule has 1 N–H and O–H groups in total. The molecule has 2 fully saturated rings. The van der Waals surface area contributed by atoms with Crippen molar-refractivity contribution in [3.8, 4) is 0 Å². The summed E-state index contributed by atoms with van der Waals surface area (Å²) in [6, 6.07) is 5.61. The number of anilines is 2. The molecule has 2 saturated heterocycles. The highest BCUT2D eigenvalue weighted by Gasteiger charge is 2.25. The molecule has 0 atom stereocenters. The van der Waals surface area contributed by atoms with Crippen LogP contribution in [-0.4, -0.2) is 48.8 Å². The third-order valence-electron chi connectivity index (χ3n) is 4.72. The molecule has 1 aromatic rings. The lowest BCUT2D eigenvalue weighted by Crippen LogP contribution is -2.34. The molecule has 2 aliphatic heterocycles. The van der Waals surface area contributed by atoms with Crippen LogP contribution in [0.2, 0.25) is 0 Å². The molecular formula is C18H24ClN3O2. The third-order valence-corrected chi connectivity index (χ3v) is 4.96. The SMILES string of the molecule is O=C(CCl)Nc1ccc(N2CCCCC2)c(C(=O)N2CCCC2)c1. The quantitative estimate of drug-likeness (QED) is 0.850. The monoisotopic (exact) mass is 349 g/mol. The number of halogens is 1. The van der Waals surface area contributed by atoms with E-state index in [1.54, 1.807) is 6.07 Å². The first-order chi connectivity index (χ1) is 11.7. The molecule has 0 unspecified atom stereocenters. The lowest BCUT2D eigenvalue weighted by atomic mass is 10.1. The van der Waals surface area contributed by atoms with Crippen LogP contribution in [0.5, 0.6) is 0 Å². The Morgan fingerprint density at radius 3 is 2.33 bits per heavy atom. The zero-order chi connectivity index (χ0) is 16.9. The highest BCUT2D eigenvalue weighted by Crippen LogP contribution is 2.29. The van der Waals surface area contributed by atoms with E-state index in [9.17, 15) is 9.59 Å². The number of piperidine rings is 1. The minimum Gasteiger partial charge on any atom is -0.371 e. The molecule has 5 nitrogen and oxygen atoms in total. The summed E-state index contributed by atoms with van der Waals surface area (Å²) in [5, 5.41) is 2.75. The van der Waals surface area contributed by atoms with Gasteiger partial charge in [-0.15, -0.1) is 11.6 Å². The van der Waals surface area contributed by atoms with Crippen molar-refractivity contribution < 1.29 is 9.59 Å². The fraction of sp³-hybridized carbons (Fsp3) is 0.556. The number of benzene rings is 1. The summed E-state index contributed by atoms with van der Waals surface area (Å²) in [7, 11) is 0. The summed E-state index contributed by atoms with van der Waals surface area (Å²) in [6.07, 6.45) is 5.68. The molecular weight excluding hydrogens is 326 g/mol. The molecule has 2 heterocycles. The van der Waals surface area contributed by atoms with Crippen LogP contribution in [0.1, 0.15) is 42.5 Å². The van der Waals surface area contributed by atoms with E-state index in [4.69, 9.17) is 11.6 Å². The van der Waals surface area contributed by atoms with E-state index in [1.165, 1.54) is 6.42 Å². The number of amides is 2. The second-order valence-electron chi connectivity index (χ2n) is 6.46. The van der Waals surface area contributed by atoms with Crippen molar-refractivity contribution >= 4 is 34.8 Å². The van der Waals surface area contributed by atoms with Crippen LogP contribution in [0.15, 0.2) is 18.2 Å². The van der Waals surface area contributed by atoms with Crippen molar-refractivity contribution in [3.63, 3.8) is 0 Å². The van der Waals surface area contributed by atoms with Gasteiger partial charge in [-0.3, -0.25) is 9.59 Å². The number of hydrogen-bond donors (Lipinski definition) is 1. The van der Waals surface area contributed by atoms with E-state index in [0.29, 0.717) is 11.3 Å². The van der Waals surface area contributed by atoms with Gasteiger partial charge in [0.1, 0.15) is 5.88 Å². The van der Waals surface area contributed by atoms with Gasteiger partial charge in [0.05, 0.1) is 5.56 Å². The van der Waals surface area contributed by atoms with Crippen molar-refractivity contribution in [2.24, 2.45) is 0 Å². The van der Waals surface area contributed by atoms with E-state index >= 15 is 0 Å². The molecule has 2 amide bonds. The van der Waals surface area contributed by atoms with Gasteiger partial charge in [0.2, 0.25) is 5.91 Å². The Labute approximate surface area is 147 Å². The topological polar surface area (TPSA) is 52.7 Å². The van der Waals surface area contributed by atoms with Gasteiger partial charge in [-0.25, -0.2) is 0 Å². The first-order valence-electron chi connectivity index (χ1n) is 8.73. The van der Waals surface area contributed by atoms with Crippen LogP contribution in [0.3, 0.4) is 0 Å². The molecule has 24 heavy (non-hydrogen) atoms. The third kappa shape index (κ3) is 3.83. The number of hydrogen-bond acceptors (Lipinski definition) is 3. The molecule has 0 saturated carbocycles. The van der Waals surface area contributed by atoms with Gasteiger partial charge >= 0.3 is 0 Å². The first kappa shape index (κ1) is 17.1. The van der Waals surface area contributed by atoms with Crippen LogP contribution in [0.25, 0.3) is 0 Å². The fourth-order valence-corrected chi connectivity index (χ4v) is 3.55. The highest BCUT2D eigenvalue weighted by molar-refractivity contribution is 6.29. The van der Waals surface area contributed by atoms with Crippen LogP contribution in [0.4, 0.5) is 11.4 Å². The maximum atomic E-state index is 13.0. The van der Waals surface area contributed by atoms with E-state index in [2.05, 4.69) is 10.2 Å². The normalized spacial score (nSPS) is 17.9. The van der Waals surface area contributed by atoms with Gasteiger partial charge in [-0.2, -0.15) is 0 Å². The van der Waals surface area contributed by atoms with Gasteiger partial charge in [-0.1, -0.05) is 0 Å². The minimum absolute atomic E-state index is 0.0649. The smallest absolute Gasteiger partial charge is 0.256 e. The van der Waals surface area contributed by atoms with Crippen LogP contribution in [-0.2, 0) is 4.79 Å². The van der Waals surface area contributed by atoms with E-state index in [0.717, 1.165) is 57.5 Å². The van der Waals surface area contributed by atoms with Crippen molar-refractivity contribution in [3.05, 3.63) is 23.8 Å². The van der Waals surface area contributed by atoms with Crippen molar-refractivity contribution in [2.75, 3.05) is 42.3 Å². The van der Waals surface area contributed by atoms with Crippen molar-refractivity contribution in [2.45, 2.75) is 32.1 Å². The Hall–Kier alpha value is -1.75. The predicted molar refractivity (Wildman–Crippen MR) is 97.0 cm³/mol. The number of carbonyl (C=O) groups excluding carboxylic acids is 2. The van der Waals surface area contributed by atoms with Crippen LogP contribution in [0, 0.1) is 0 Å². The standard InChI is InChI=1S/C18H24ClN3O2/c19-13-17(23)20-14-6-7-16(21-8-2-1-3-9-21)15(12-14)18(24)22-10-4-5-11-22/h6-7,12H,1-5,8-11,13H2,(H,20,23). The van der Waals surface area contributed by atoms with Gasteiger partial charge in [-0.05, 0) is 50.3 Å². The van der Waals surface area contributed by atoms with E-state index in [1.807, 2.05) is 17.0 Å². The second-order valence-corrected chi connectivity index (χ2v) is 6.73. The Kier molecular flexibility index (Phi) is 5.61. The lowest BCUT2D eigenvalue weighted by molar-refractivity contribution is -0.113. The molecule has 6 heteroatoms. The molecule has 0 bridgehead atoms. The van der Waals surface area contributed by atoms with Crippen molar-refractivity contribution in [1.29, 1.82) is 0 Å². The number of nitrogens with one attached hydrogen (secondary N) is 1. The van der Waals surface area contributed by atoms with Crippen LogP contribution < -0.4 is 10.2 Å². The predicted octanol–water partition coefficient (Wildman–Crippen LogP) is 3.09. The zero-order valence-corrected chi connectivity index (χ0v) is 14.6. The molecule has 0 spiro atoms. The number of likely N-dealkylation sites (tertiary alicyclic amines) is 1. The molecule has 0 aliphatic carbocycles. The second kappa shape index (κ2) is 7.88. The average molecular weight is 350 g/mol. The maximum absolute atomic E-state index is 13.0. The number of rotatable bonds is 4. The summed E-state index contributed by atoms with van der Waals surface area (Å²) < 4.78 is 0. The Morgan fingerprint density at radius 1 is 1.00 bits per heavy atom. The Balaban J connectivity index is 1.91. The molecule has 0 aromatic heterocycles. The van der Waals surface area contributed by atoms with Gasteiger partial charge < -0.3 is 15.1 Å². The van der Waals surface area contributed by atoms with E-state index < -0.39 is 0 Å². The molecule has 2 aliphatic rings. The van der Waals surface area contributed by atoms with Gasteiger partial charge in [0.25, 0.3) is 5.91 Å². The fourth-order valence-electron chi connectivity index (χ4n) is 3.48. The van der Waals surface area contributed by atoms with E-state index in [-0.39, 0.29) is 17.7 Å². The Morgan fingerprint density at radius 2 is 1.67 bits per heavy atom. The zero-order valence-electron chi connectivity index (χ0n) is 13.9.